The maximum Gasteiger partial charge on any atom is 0.269 e. The molecule has 4 aliphatic carbocycles. The first-order chi connectivity index (χ1) is 37.0. The van der Waals surface area contributed by atoms with Crippen molar-refractivity contribution in [2.24, 2.45) is 0 Å². The van der Waals surface area contributed by atoms with Crippen LogP contribution in [0.25, 0.3) is 72.3 Å². The summed E-state index contributed by atoms with van der Waals surface area (Å²) >= 11 is 0. The normalized spacial score (nSPS) is 14.9. The number of benzene rings is 8. The van der Waals surface area contributed by atoms with E-state index >= 15 is 0 Å². The van der Waals surface area contributed by atoms with Crippen molar-refractivity contribution < 1.29 is 23.0 Å². The molecule has 324 valence electrons. The van der Waals surface area contributed by atoms with Gasteiger partial charge >= 0.3 is 0 Å². The Balaban J connectivity index is 1.10. The summed E-state index contributed by atoms with van der Waals surface area (Å²) in [5.41, 5.74) is 9.71. The predicted octanol–water partition coefficient (Wildman–Crippen LogP) is 14.5. The van der Waals surface area contributed by atoms with Crippen LogP contribution in [0.4, 0.5) is 0 Å². The molecule has 0 saturated heterocycles. The first kappa shape index (κ1) is 31.0. The zero-order chi connectivity index (χ0) is 53.8. The molecular weight excluding hydrogens is 817 g/mol. The minimum atomic E-state index is -0.559. The number of rotatable bonds is 7. The lowest BCUT2D eigenvalue weighted by atomic mass is 9.88. The highest BCUT2D eigenvalue weighted by molar-refractivity contribution is 6.09. The summed E-state index contributed by atoms with van der Waals surface area (Å²) < 4.78 is 102. The van der Waals surface area contributed by atoms with Crippen LogP contribution < -0.4 is 9.30 Å². The van der Waals surface area contributed by atoms with Crippen LogP contribution in [0.1, 0.15) is 62.3 Å². The molecule has 0 amide bonds. The fourth-order valence-corrected chi connectivity index (χ4v) is 9.59. The molecule has 0 spiro atoms. The van der Waals surface area contributed by atoms with E-state index in [-0.39, 0.29) is 33.4 Å². The molecule has 11 aromatic rings. The third-order valence-electron chi connectivity index (χ3n) is 13.0. The van der Waals surface area contributed by atoms with E-state index in [1.54, 1.807) is 22.8 Å². The predicted molar refractivity (Wildman–Crippen MR) is 273 cm³/mol. The van der Waals surface area contributed by atoms with Crippen LogP contribution in [0.5, 0.6) is 11.5 Å². The third-order valence-corrected chi connectivity index (χ3v) is 13.0. The fourth-order valence-electron chi connectivity index (χ4n) is 9.59. The Morgan fingerprint density at radius 1 is 0.597 bits per heavy atom. The van der Waals surface area contributed by atoms with Gasteiger partial charge in [-0.25, -0.2) is 4.98 Å². The van der Waals surface area contributed by atoms with Gasteiger partial charge in [0.05, 0.1) is 47.1 Å². The van der Waals surface area contributed by atoms with E-state index < -0.39 is 60.4 Å². The van der Waals surface area contributed by atoms with Gasteiger partial charge in [-0.3, -0.25) is 13.7 Å². The van der Waals surface area contributed by atoms with Gasteiger partial charge < -0.3 is 4.74 Å². The molecule has 0 atom stereocenters. The lowest BCUT2D eigenvalue weighted by molar-refractivity contribution is -0.571. The maximum absolute atomic E-state index is 9.27. The van der Waals surface area contributed by atoms with Gasteiger partial charge in [0, 0.05) is 23.0 Å². The number of aryl methyl sites for hydroxylation is 4. The molecular formula is C62H50N4O. The Labute approximate surface area is 405 Å². The van der Waals surface area contributed by atoms with Crippen molar-refractivity contribution in [1.29, 1.82) is 0 Å². The Morgan fingerprint density at radius 2 is 1.24 bits per heavy atom. The molecule has 5 heteroatoms. The summed E-state index contributed by atoms with van der Waals surface area (Å²) in [6.07, 6.45) is 8.10. The number of nitrogens with zero attached hydrogens (tertiary/aromatic N) is 4. The van der Waals surface area contributed by atoms with Crippen molar-refractivity contribution in [3.63, 3.8) is 0 Å². The van der Waals surface area contributed by atoms with E-state index in [2.05, 4.69) is 98.4 Å². The molecule has 4 bridgehead atoms. The minimum absolute atomic E-state index is 0.0965. The second-order valence-electron chi connectivity index (χ2n) is 18.2. The van der Waals surface area contributed by atoms with E-state index in [0.29, 0.717) is 48.4 Å². The van der Waals surface area contributed by atoms with Crippen LogP contribution in [0.3, 0.4) is 0 Å². The number of pyridine rings is 1. The number of aromatic nitrogens is 4. The van der Waals surface area contributed by atoms with E-state index in [4.69, 9.17) is 17.9 Å². The van der Waals surface area contributed by atoms with Crippen molar-refractivity contribution >= 4 is 32.8 Å². The summed E-state index contributed by atoms with van der Waals surface area (Å²) in [4.78, 5) is 4.87. The van der Waals surface area contributed by atoms with Crippen LogP contribution in [0.15, 0.2) is 200 Å². The molecule has 15 rings (SSSR count). The molecule has 0 saturated carbocycles. The summed E-state index contributed by atoms with van der Waals surface area (Å²) in [6.45, 7) is 6.57. The Hall–Kier alpha value is -8.02. The zero-order valence-corrected chi connectivity index (χ0v) is 37.3. The summed E-state index contributed by atoms with van der Waals surface area (Å²) in [6, 6.07) is 39.0. The van der Waals surface area contributed by atoms with Gasteiger partial charge in [0.25, 0.3) is 6.33 Å². The highest BCUT2D eigenvalue weighted by Gasteiger charge is 2.25. The molecule has 4 aliphatic rings. The Morgan fingerprint density at radius 3 is 1.96 bits per heavy atom. The van der Waals surface area contributed by atoms with E-state index in [9.17, 15) is 5.48 Å². The third kappa shape index (κ3) is 7.37. The standard InChI is InChI=1S/C62H50N4O/c1-62(2,3)48-36-37-63-58(38-48)66-56-23-11-10-20-54(56)55-35-34-51(40-57(55)66)67-50-19-12-18-49(39-50)64-41-65(60-47-31-29-43-26-24-42(25-27-43)28-30-46(32-33-47)59(60)64)61-52(44-14-6-4-7-15-44)21-13-22-53(61)45-16-8-5-9-17-45/h4-27,32-40H,28-31H2,1-3H3/i4D,5D,6D,7D,8D,9D,14D,15D,16D,17D. The van der Waals surface area contributed by atoms with Gasteiger partial charge in [0.15, 0.2) is 0 Å². The zero-order valence-electron chi connectivity index (χ0n) is 47.3. The van der Waals surface area contributed by atoms with E-state index in [0.717, 1.165) is 55.4 Å². The van der Waals surface area contributed by atoms with Crippen LogP contribution >= 0.6 is 0 Å². The van der Waals surface area contributed by atoms with E-state index in [1.165, 1.54) is 5.56 Å². The van der Waals surface area contributed by atoms with Crippen molar-refractivity contribution in [2.45, 2.75) is 51.9 Å². The minimum Gasteiger partial charge on any atom is -0.458 e. The quantitative estimate of drug-likeness (QED) is 0.118. The number of fused-ring (bicyclic) bond motifs is 3. The van der Waals surface area contributed by atoms with Crippen molar-refractivity contribution in [2.75, 3.05) is 0 Å². The second-order valence-corrected chi connectivity index (χ2v) is 18.2. The van der Waals surface area contributed by atoms with Crippen LogP contribution in [0.2, 0.25) is 0 Å². The molecule has 0 N–H and O–H groups in total. The Bertz CT molecular complexity index is 4110. The molecule has 3 aromatic heterocycles. The average molecular weight is 877 g/mol. The number of ether oxygens (including phenoxy) is 1. The number of hydrogen-bond donors (Lipinski definition) is 0. The van der Waals surface area contributed by atoms with Gasteiger partial charge in [-0.05, 0) is 130 Å². The van der Waals surface area contributed by atoms with Gasteiger partial charge in [0.2, 0.25) is 0 Å². The molecule has 0 aliphatic heterocycles. The average Bonchev–Trinajstić information content (AvgIpc) is 4.01. The van der Waals surface area contributed by atoms with E-state index in [1.807, 2.05) is 59.3 Å². The number of imidazole rings is 1. The summed E-state index contributed by atoms with van der Waals surface area (Å²) in [7, 11) is 0. The fraction of sp³-hybridized carbons (Fsp3) is 0.129. The highest BCUT2D eigenvalue weighted by Crippen LogP contribution is 2.39. The topological polar surface area (TPSA) is 35.9 Å². The van der Waals surface area contributed by atoms with Crippen LogP contribution in [0, 0.1) is 6.33 Å². The molecule has 67 heavy (non-hydrogen) atoms. The smallest absolute Gasteiger partial charge is 0.269 e. The van der Waals surface area contributed by atoms with Crippen LogP contribution in [-0.4, -0.2) is 14.1 Å². The number of para-hydroxylation sites is 2. The molecule has 8 aromatic carbocycles. The van der Waals surface area contributed by atoms with Crippen molar-refractivity contribution in [3.8, 4) is 50.9 Å². The summed E-state index contributed by atoms with van der Waals surface area (Å²) in [5, 5.41) is 2.14. The molecule has 0 unspecified atom stereocenters. The first-order valence-corrected chi connectivity index (χ1v) is 22.6. The van der Waals surface area contributed by atoms with Crippen molar-refractivity contribution in [3.05, 3.63) is 234 Å². The van der Waals surface area contributed by atoms with Gasteiger partial charge in [-0.2, -0.15) is 0 Å². The van der Waals surface area contributed by atoms with Gasteiger partial charge in [-0.15, -0.1) is 0 Å². The molecule has 5 nitrogen and oxygen atoms in total. The number of hydrogen-bond acceptors (Lipinski definition) is 2. The maximum atomic E-state index is 9.27. The lowest BCUT2D eigenvalue weighted by Gasteiger charge is -2.20. The molecule has 3 heterocycles. The molecule has 0 radical (unpaired) electrons. The SMILES string of the molecule is [2H]c1c([2H])c([2H])c(-c2cccc(-c3c([2H])c([2H])c([2H])c([2H])c3[2H])c2-[n+]2[c-]n(-c3cccc(Oc4ccc5c6ccccc6n(-c6cc(C(C)(C)C)ccn6)c5c4)c3)c3c4ccc(c32)CCc2ccc(cc2)CC4)c([2H])c1[2H]. The Kier molecular flexibility index (Phi) is 7.61. The van der Waals surface area contributed by atoms with Crippen molar-refractivity contribution in [1.82, 2.24) is 14.1 Å². The lowest BCUT2D eigenvalue weighted by Crippen LogP contribution is -2.32. The molecule has 0 fully saturated rings. The monoisotopic (exact) mass is 876 g/mol. The van der Waals surface area contributed by atoms with Crippen LogP contribution in [-0.2, 0) is 31.1 Å². The largest absolute Gasteiger partial charge is 0.458 e. The highest BCUT2D eigenvalue weighted by atomic mass is 16.5. The first-order valence-electron chi connectivity index (χ1n) is 27.6. The second kappa shape index (κ2) is 16.4. The van der Waals surface area contributed by atoms with Gasteiger partial charge in [-0.1, -0.05) is 160 Å². The summed E-state index contributed by atoms with van der Waals surface area (Å²) in [5.74, 6) is 1.93. The van der Waals surface area contributed by atoms with Gasteiger partial charge in [0.1, 0.15) is 17.3 Å².